The van der Waals surface area contributed by atoms with E-state index in [0.29, 0.717) is 0 Å². The third kappa shape index (κ3) is 0.806. The van der Waals surface area contributed by atoms with Gasteiger partial charge >= 0.3 is 0 Å². The first-order valence-corrected chi connectivity index (χ1v) is 3.94. The van der Waals surface area contributed by atoms with Crippen molar-refractivity contribution in [1.29, 1.82) is 0 Å². The standard InChI is InChI=1S/C6H8N2OS/c7-5-3-4-6(10-5)8-1-2-9-4/h3,8H,1-2,7H2. The fourth-order valence-corrected chi connectivity index (χ4v) is 1.74. The van der Waals surface area contributed by atoms with Crippen molar-refractivity contribution in [1.82, 2.24) is 0 Å². The molecule has 3 nitrogen and oxygen atoms in total. The van der Waals surface area contributed by atoms with Crippen LogP contribution in [0.25, 0.3) is 0 Å². The van der Waals surface area contributed by atoms with Crippen LogP contribution in [0, 0.1) is 0 Å². The monoisotopic (exact) mass is 156 g/mol. The lowest BCUT2D eigenvalue weighted by Crippen LogP contribution is -2.15. The second-order valence-electron chi connectivity index (χ2n) is 2.12. The molecule has 54 valence electrons. The van der Waals surface area contributed by atoms with Crippen LogP contribution in [-0.2, 0) is 0 Å². The number of nitrogen functional groups attached to an aromatic ring is 1. The first-order valence-electron chi connectivity index (χ1n) is 3.12. The van der Waals surface area contributed by atoms with Crippen molar-refractivity contribution in [3.63, 3.8) is 0 Å². The summed E-state index contributed by atoms with van der Waals surface area (Å²) in [5, 5.41) is 5.06. The Kier molecular flexibility index (Phi) is 1.20. The number of rotatable bonds is 0. The molecule has 1 aromatic rings. The topological polar surface area (TPSA) is 47.3 Å². The highest BCUT2D eigenvalue weighted by Gasteiger charge is 2.11. The van der Waals surface area contributed by atoms with Crippen molar-refractivity contribution in [3.8, 4) is 5.75 Å². The fraction of sp³-hybridized carbons (Fsp3) is 0.333. The minimum absolute atomic E-state index is 0.739. The van der Waals surface area contributed by atoms with Crippen LogP contribution in [-0.4, -0.2) is 13.2 Å². The zero-order valence-corrected chi connectivity index (χ0v) is 6.20. The molecule has 0 unspecified atom stereocenters. The summed E-state index contributed by atoms with van der Waals surface area (Å²) >= 11 is 1.53. The molecule has 2 heterocycles. The molecular formula is C6H8N2OS. The van der Waals surface area contributed by atoms with E-state index >= 15 is 0 Å². The van der Waals surface area contributed by atoms with Gasteiger partial charge in [-0.2, -0.15) is 0 Å². The maximum atomic E-state index is 5.56. The molecule has 0 aliphatic carbocycles. The van der Waals surface area contributed by atoms with Gasteiger partial charge in [0.25, 0.3) is 0 Å². The Labute approximate surface area is 62.8 Å². The van der Waals surface area contributed by atoms with Gasteiger partial charge < -0.3 is 15.8 Å². The summed E-state index contributed by atoms with van der Waals surface area (Å²) < 4.78 is 5.31. The summed E-state index contributed by atoms with van der Waals surface area (Å²) in [5.41, 5.74) is 5.56. The number of hydrogen-bond donors (Lipinski definition) is 2. The first-order chi connectivity index (χ1) is 4.86. The number of hydrogen-bond acceptors (Lipinski definition) is 4. The summed E-state index contributed by atoms with van der Waals surface area (Å²) in [6, 6.07) is 1.85. The van der Waals surface area contributed by atoms with Gasteiger partial charge in [0.1, 0.15) is 11.6 Å². The maximum absolute atomic E-state index is 5.56. The van der Waals surface area contributed by atoms with Gasteiger partial charge in [0, 0.05) is 12.6 Å². The molecule has 1 aliphatic rings. The fourth-order valence-electron chi connectivity index (χ4n) is 0.948. The van der Waals surface area contributed by atoms with Crippen LogP contribution in [0.1, 0.15) is 0 Å². The van der Waals surface area contributed by atoms with Crippen LogP contribution in [0.15, 0.2) is 6.07 Å². The number of thiophene rings is 1. The van der Waals surface area contributed by atoms with Gasteiger partial charge in [-0.1, -0.05) is 11.3 Å². The minimum atomic E-state index is 0.739. The van der Waals surface area contributed by atoms with Crippen molar-refractivity contribution < 1.29 is 4.74 Å². The molecule has 4 heteroatoms. The van der Waals surface area contributed by atoms with Gasteiger partial charge in [-0.25, -0.2) is 0 Å². The van der Waals surface area contributed by atoms with Crippen LogP contribution in [0.5, 0.6) is 5.75 Å². The Balaban J connectivity index is 2.41. The second kappa shape index (κ2) is 2.05. The highest BCUT2D eigenvalue weighted by Crippen LogP contribution is 2.37. The van der Waals surface area contributed by atoms with E-state index in [-0.39, 0.29) is 0 Å². The quantitative estimate of drug-likeness (QED) is 0.592. The average Bonchev–Trinajstić information content (AvgIpc) is 2.27. The largest absolute Gasteiger partial charge is 0.489 e. The molecule has 0 saturated carbocycles. The molecule has 10 heavy (non-hydrogen) atoms. The van der Waals surface area contributed by atoms with Crippen LogP contribution < -0.4 is 15.8 Å². The Hall–Kier alpha value is -0.900. The van der Waals surface area contributed by atoms with E-state index < -0.39 is 0 Å². The SMILES string of the molecule is Nc1cc2c(s1)NCCO2. The van der Waals surface area contributed by atoms with Gasteiger partial charge in [-0.05, 0) is 0 Å². The van der Waals surface area contributed by atoms with E-state index in [1.54, 1.807) is 0 Å². The smallest absolute Gasteiger partial charge is 0.155 e. The lowest BCUT2D eigenvalue weighted by Gasteiger charge is -2.13. The number of anilines is 2. The number of nitrogens with one attached hydrogen (secondary N) is 1. The molecule has 3 N–H and O–H groups in total. The molecule has 0 aromatic carbocycles. The highest BCUT2D eigenvalue weighted by molar-refractivity contribution is 7.20. The summed E-state index contributed by atoms with van der Waals surface area (Å²) in [4.78, 5) is 0. The zero-order valence-electron chi connectivity index (χ0n) is 5.39. The van der Waals surface area contributed by atoms with Crippen molar-refractivity contribution >= 4 is 21.3 Å². The van der Waals surface area contributed by atoms with Gasteiger partial charge in [0.05, 0.1) is 5.00 Å². The van der Waals surface area contributed by atoms with Gasteiger partial charge in [-0.15, -0.1) is 0 Å². The van der Waals surface area contributed by atoms with Crippen molar-refractivity contribution in [2.75, 3.05) is 24.2 Å². The summed E-state index contributed by atoms with van der Waals surface area (Å²) in [6.45, 7) is 1.62. The number of ether oxygens (including phenoxy) is 1. The van der Waals surface area contributed by atoms with Crippen molar-refractivity contribution in [3.05, 3.63) is 6.07 Å². The van der Waals surface area contributed by atoms with Gasteiger partial charge in [0.2, 0.25) is 0 Å². The van der Waals surface area contributed by atoms with E-state index in [4.69, 9.17) is 10.5 Å². The molecule has 0 radical (unpaired) electrons. The second-order valence-corrected chi connectivity index (χ2v) is 3.20. The third-order valence-electron chi connectivity index (χ3n) is 1.36. The lowest BCUT2D eigenvalue weighted by atomic mass is 10.5. The molecule has 0 amide bonds. The Morgan fingerprint density at radius 1 is 1.70 bits per heavy atom. The molecule has 2 rings (SSSR count). The Morgan fingerprint density at radius 2 is 2.60 bits per heavy atom. The summed E-state index contributed by atoms with van der Waals surface area (Å²) in [5.74, 6) is 0.897. The van der Waals surface area contributed by atoms with Gasteiger partial charge in [0.15, 0.2) is 5.75 Å². The highest BCUT2D eigenvalue weighted by atomic mass is 32.1. The van der Waals surface area contributed by atoms with Crippen LogP contribution in [0.4, 0.5) is 10.0 Å². The van der Waals surface area contributed by atoms with Gasteiger partial charge in [-0.3, -0.25) is 0 Å². The predicted octanol–water partition coefficient (Wildman–Crippen LogP) is 1.13. The zero-order chi connectivity index (χ0) is 6.97. The Morgan fingerprint density at radius 3 is 3.40 bits per heavy atom. The predicted molar refractivity (Wildman–Crippen MR) is 42.7 cm³/mol. The normalized spacial score (nSPS) is 15.2. The van der Waals surface area contributed by atoms with E-state index in [9.17, 15) is 0 Å². The molecule has 1 aromatic heterocycles. The van der Waals surface area contributed by atoms with E-state index in [1.165, 1.54) is 11.3 Å². The summed E-state index contributed by atoms with van der Waals surface area (Å²) in [6.07, 6.45) is 0. The van der Waals surface area contributed by atoms with E-state index in [2.05, 4.69) is 5.32 Å². The maximum Gasteiger partial charge on any atom is 0.155 e. The minimum Gasteiger partial charge on any atom is -0.489 e. The van der Waals surface area contributed by atoms with E-state index in [0.717, 1.165) is 28.9 Å². The molecule has 0 bridgehead atoms. The lowest BCUT2D eigenvalue weighted by molar-refractivity contribution is 0.325. The molecule has 0 saturated heterocycles. The van der Waals surface area contributed by atoms with Crippen LogP contribution in [0.2, 0.25) is 0 Å². The van der Waals surface area contributed by atoms with Crippen LogP contribution >= 0.6 is 11.3 Å². The molecule has 0 fully saturated rings. The Bertz CT molecular complexity index is 222. The van der Waals surface area contributed by atoms with Crippen molar-refractivity contribution in [2.45, 2.75) is 0 Å². The van der Waals surface area contributed by atoms with Crippen molar-refractivity contribution in [2.24, 2.45) is 0 Å². The molecule has 0 spiro atoms. The molecule has 1 aliphatic heterocycles. The number of nitrogens with two attached hydrogens (primary N) is 1. The molecular weight excluding hydrogens is 148 g/mol. The van der Waals surface area contributed by atoms with Crippen LogP contribution in [0.3, 0.4) is 0 Å². The van der Waals surface area contributed by atoms with E-state index in [1.807, 2.05) is 6.07 Å². The number of fused-ring (bicyclic) bond motifs is 1. The average molecular weight is 156 g/mol. The molecule has 0 atom stereocenters. The third-order valence-corrected chi connectivity index (χ3v) is 2.27. The summed E-state index contributed by atoms with van der Waals surface area (Å²) in [7, 11) is 0. The first kappa shape index (κ1) is 5.85.